The minimum Gasteiger partial charge on any atom is -0.496 e. The number of methoxy groups -OCH3 is 1. The molecule has 2 aromatic carbocycles. The lowest BCUT2D eigenvalue weighted by atomic mass is 10.2. The number of anilines is 1. The van der Waals surface area contributed by atoms with Crippen molar-refractivity contribution in [1.82, 2.24) is 5.43 Å². The van der Waals surface area contributed by atoms with Crippen molar-refractivity contribution in [2.75, 3.05) is 12.1 Å². The fourth-order valence-electron chi connectivity index (χ4n) is 1.91. The molecular formula is C15H18N4O2S. The summed E-state index contributed by atoms with van der Waals surface area (Å²) in [5.41, 5.74) is 3.71. The van der Waals surface area contributed by atoms with Gasteiger partial charge in [0.15, 0.2) is 0 Å². The summed E-state index contributed by atoms with van der Waals surface area (Å²) in [7, 11) is 1.58. The average molecular weight is 318 g/mol. The molecule has 0 aliphatic rings. The van der Waals surface area contributed by atoms with Crippen LogP contribution in [-0.4, -0.2) is 13.1 Å². The molecule has 0 atom stereocenters. The third-order valence-electron chi connectivity index (χ3n) is 3.01. The Morgan fingerprint density at radius 2 is 1.95 bits per heavy atom. The second-order valence-electron chi connectivity index (χ2n) is 4.40. The number of benzene rings is 2. The number of hydrogen-bond acceptors (Lipinski definition) is 5. The third kappa shape index (κ3) is 3.70. The number of nitrogens with two attached hydrogens (primary N) is 2. The highest BCUT2D eigenvalue weighted by Crippen LogP contribution is 2.38. The van der Waals surface area contributed by atoms with Gasteiger partial charge in [0.05, 0.1) is 17.7 Å². The van der Waals surface area contributed by atoms with E-state index in [0.717, 1.165) is 21.2 Å². The maximum Gasteiger partial charge on any atom is 0.350 e. The summed E-state index contributed by atoms with van der Waals surface area (Å²) in [6.07, 6.45) is 0. The van der Waals surface area contributed by atoms with Crippen LogP contribution in [0.5, 0.6) is 5.75 Å². The first-order chi connectivity index (χ1) is 10.7. The van der Waals surface area contributed by atoms with Crippen LogP contribution in [-0.2, 0) is 5.75 Å². The highest BCUT2D eigenvalue weighted by molar-refractivity contribution is 7.98. The van der Waals surface area contributed by atoms with E-state index < -0.39 is 6.03 Å². The standard InChI is InChI=1S/C15H18N4O2S/c1-21-13-9-5-8-12(19(17)15(20)18-16)14(13)22-10-11-6-3-2-4-7-11/h2-9H,10,16-17H2,1H3,(H,18,20). The van der Waals surface area contributed by atoms with Gasteiger partial charge in [0.1, 0.15) is 5.75 Å². The number of carbonyl (C=O) groups excluding carboxylic acids is 1. The summed E-state index contributed by atoms with van der Waals surface area (Å²) in [6.45, 7) is 0. The fraction of sp³-hybridized carbons (Fsp3) is 0.133. The average Bonchev–Trinajstić information content (AvgIpc) is 2.59. The van der Waals surface area contributed by atoms with Crippen LogP contribution in [0.1, 0.15) is 5.56 Å². The highest BCUT2D eigenvalue weighted by Gasteiger charge is 2.18. The molecule has 2 rings (SSSR count). The Morgan fingerprint density at radius 3 is 2.59 bits per heavy atom. The SMILES string of the molecule is COc1cccc(N(N)C(=O)NN)c1SCc1ccccc1. The van der Waals surface area contributed by atoms with E-state index >= 15 is 0 Å². The molecule has 2 aromatic rings. The van der Waals surface area contributed by atoms with E-state index in [0.29, 0.717) is 11.4 Å². The first kappa shape index (κ1) is 16.2. The minimum atomic E-state index is -0.602. The van der Waals surface area contributed by atoms with Crippen LogP contribution < -0.4 is 26.9 Å². The molecule has 0 unspecified atom stereocenters. The summed E-state index contributed by atoms with van der Waals surface area (Å²) in [4.78, 5) is 12.4. The molecule has 0 radical (unpaired) electrons. The Kier molecular flexibility index (Phi) is 5.65. The monoisotopic (exact) mass is 318 g/mol. The van der Waals surface area contributed by atoms with E-state index in [-0.39, 0.29) is 0 Å². The number of ether oxygens (including phenoxy) is 1. The second-order valence-corrected chi connectivity index (χ2v) is 5.39. The molecule has 0 fully saturated rings. The molecular weight excluding hydrogens is 300 g/mol. The Bertz CT molecular complexity index is 637. The smallest absolute Gasteiger partial charge is 0.350 e. The zero-order valence-electron chi connectivity index (χ0n) is 12.2. The van der Waals surface area contributed by atoms with Gasteiger partial charge in [-0.3, -0.25) is 5.43 Å². The van der Waals surface area contributed by atoms with E-state index in [4.69, 9.17) is 16.4 Å². The van der Waals surface area contributed by atoms with E-state index in [1.165, 1.54) is 0 Å². The molecule has 6 nitrogen and oxygen atoms in total. The molecule has 0 saturated carbocycles. The summed E-state index contributed by atoms with van der Waals surface area (Å²) >= 11 is 1.54. The largest absolute Gasteiger partial charge is 0.496 e. The van der Waals surface area contributed by atoms with Gasteiger partial charge in [-0.15, -0.1) is 11.8 Å². The van der Waals surface area contributed by atoms with E-state index in [1.54, 1.807) is 31.0 Å². The summed E-state index contributed by atoms with van der Waals surface area (Å²) in [5, 5.41) is 0.968. The third-order valence-corrected chi connectivity index (χ3v) is 4.18. The molecule has 0 spiro atoms. The maximum atomic E-state index is 11.7. The van der Waals surface area contributed by atoms with Crippen LogP contribution in [0.25, 0.3) is 0 Å². The molecule has 0 aliphatic heterocycles. The molecule has 5 N–H and O–H groups in total. The topological polar surface area (TPSA) is 93.6 Å². The summed E-state index contributed by atoms with van der Waals surface area (Å²) in [6, 6.07) is 14.7. The van der Waals surface area contributed by atoms with Crippen LogP contribution in [0.4, 0.5) is 10.5 Å². The van der Waals surface area contributed by atoms with Crippen molar-refractivity contribution in [3.8, 4) is 5.75 Å². The molecule has 116 valence electrons. The van der Waals surface area contributed by atoms with Crippen LogP contribution in [0.3, 0.4) is 0 Å². The van der Waals surface area contributed by atoms with E-state index in [2.05, 4.69) is 0 Å². The normalized spacial score (nSPS) is 10.1. The lowest BCUT2D eigenvalue weighted by molar-refractivity contribution is 0.246. The number of urea groups is 1. The molecule has 0 bridgehead atoms. The second kappa shape index (κ2) is 7.69. The van der Waals surface area contributed by atoms with Crippen LogP contribution in [0.2, 0.25) is 0 Å². The lowest BCUT2D eigenvalue weighted by Crippen LogP contribution is -2.47. The quantitative estimate of drug-likeness (QED) is 0.340. The summed E-state index contributed by atoms with van der Waals surface area (Å²) < 4.78 is 5.37. The van der Waals surface area contributed by atoms with Gasteiger partial charge in [0.2, 0.25) is 0 Å². The Balaban J connectivity index is 2.29. The van der Waals surface area contributed by atoms with Gasteiger partial charge >= 0.3 is 6.03 Å². The Morgan fingerprint density at radius 1 is 1.23 bits per heavy atom. The van der Waals surface area contributed by atoms with Crippen molar-refractivity contribution in [1.29, 1.82) is 0 Å². The van der Waals surface area contributed by atoms with Gasteiger partial charge in [-0.25, -0.2) is 21.5 Å². The van der Waals surface area contributed by atoms with Gasteiger partial charge < -0.3 is 4.74 Å². The van der Waals surface area contributed by atoms with Crippen molar-refractivity contribution >= 4 is 23.5 Å². The zero-order valence-corrected chi connectivity index (χ0v) is 13.0. The Hall–Kier alpha value is -2.22. The highest BCUT2D eigenvalue weighted by atomic mass is 32.2. The molecule has 0 heterocycles. The Labute approximate surface area is 133 Å². The predicted octanol–water partition coefficient (Wildman–Crippen LogP) is 2.25. The fourth-order valence-corrected chi connectivity index (χ4v) is 3.02. The number of carbonyl (C=O) groups is 1. The number of hydrogen-bond donors (Lipinski definition) is 3. The van der Waals surface area contributed by atoms with Crippen molar-refractivity contribution in [3.63, 3.8) is 0 Å². The van der Waals surface area contributed by atoms with Crippen LogP contribution in [0.15, 0.2) is 53.4 Å². The zero-order chi connectivity index (χ0) is 15.9. The predicted molar refractivity (Wildman–Crippen MR) is 88.4 cm³/mol. The minimum absolute atomic E-state index is 0.531. The van der Waals surface area contributed by atoms with Gasteiger partial charge in [0, 0.05) is 5.75 Å². The number of nitrogens with zero attached hydrogens (tertiary/aromatic N) is 1. The summed E-state index contributed by atoms with van der Waals surface area (Å²) in [5.74, 6) is 12.3. The lowest BCUT2D eigenvalue weighted by Gasteiger charge is -2.20. The maximum absolute atomic E-state index is 11.7. The van der Waals surface area contributed by atoms with Crippen molar-refractivity contribution in [2.45, 2.75) is 10.6 Å². The molecule has 7 heteroatoms. The van der Waals surface area contributed by atoms with Crippen molar-refractivity contribution in [3.05, 3.63) is 54.1 Å². The molecule has 2 amide bonds. The van der Waals surface area contributed by atoms with Gasteiger partial charge in [-0.05, 0) is 17.7 Å². The van der Waals surface area contributed by atoms with Gasteiger partial charge in [-0.2, -0.15) is 0 Å². The van der Waals surface area contributed by atoms with E-state index in [9.17, 15) is 4.79 Å². The first-order valence-corrected chi connectivity index (χ1v) is 7.55. The number of nitrogens with one attached hydrogen (secondary N) is 1. The molecule has 0 aliphatic carbocycles. The first-order valence-electron chi connectivity index (χ1n) is 6.56. The molecule has 0 saturated heterocycles. The van der Waals surface area contributed by atoms with Gasteiger partial charge in [-0.1, -0.05) is 36.4 Å². The number of amides is 2. The number of hydrazine groups is 2. The van der Waals surface area contributed by atoms with Crippen molar-refractivity contribution < 1.29 is 9.53 Å². The van der Waals surface area contributed by atoms with Gasteiger partial charge in [0.25, 0.3) is 0 Å². The van der Waals surface area contributed by atoms with Crippen molar-refractivity contribution in [2.24, 2.45) is 11.7 Å². The number of rotatable bonds is 5. The van der Waals surface area contributed by atoms with Crippen LogP contribution in [0, 0.1) is 0 Å². The number of thioether (sulfide) groups is 1. The molecule has 0 aromatic heterocycles. The van der Waals surface area contributed by atoms with Crippen LogP contribution >= 0.6 is 11.8 Å². The van der Waals surface area contributed by atoms with E-state index in [1.807, 2.05) is 41.8 Å². The molecule has 22 heavy (non-hydrogen) atoms.